The van der Waals surface area contributed by atoms with Crippen LogP contribution >= 0.6 is 0 Å². The van der Waals surface area contributed by atoms with E-state index in [1.54, 1.807) is 27.7 Å². The fourth-order valence-corrected chi connectivity index (χ4v) is 3.68. The molecule has 1 N–H and O–H groups in total. The molecule has 0 bridgehead atoms. The van der Waals surface area contributed by atoms with Gasteiger partial charge in [0.1, 0.15) is 28.6 Å². The fourth-order valence-electron chi connectivity index (χ4n) is 3.68. The molecule has 0 aliphatic heterocycles. The summed E-state index contributed by atoms with van der Waals surface area (Å²) < 4.78 is 34.0. The zero-order valence-electron chi connectivity index (χ0n) is 23.3. The van der Waals surface area contributed by atoms with Crippen LogP contribution in [-0.4, -0.2) is 48.8 Å². The lowest BCUT2D eigenvalue weighted by Gasteiger charge is -2.17. The van der Waals surface area contributed by atoms with E-state index < -0.39 is 5.91 Å². The van der Waals surface area contributed by atoms with Gasteiger partial charge in [0.05, 0.1) is 0 Å². The van der Waals surface area contributed by atoms with Crippen LogP contribution in [0.3, 0.4) is 0 Å². The molecule has 3 heterocycles. The first-order valence-corrected chi connectivity index (χ1v) is 13.0. The first-order chi connectivity index (χ1) is 19.8. The van der Waals surface area contributed by atoms with Crippen LogP contribution in [0.2, 0.25) is 0 Å². The maximum absolute atomic E-state index is 13.4. The summed E-state index contributed by atoms with van der Waals surface area (Å²) >= 11 is 0. The van der Waals surface area contributed by atoms with E-state index in [-0.39, 0.29) is 60.3 Å². The van der Waals surface area contributed by atoms with Gasteiger partial charge in [-0.3, -0.25) is 4.79 Å². The Bertz CT molecular complexity index is 1400. The molecule has 0 spiro atoms. The van der Waals surface area contributed by atoms with Crippen LogP contribution in [0.25, 0.3) is 0 Å². The molecule has 0 saturated heterocycles. The molecule has 3 aromatic heterocycles. The van der Waals surface area contributed by atoms with E-state index in [0.29, 0.717) is 42.8 Å². The number of aryl methyl sites for hydroxylation is 3. The monoisotopic (exact) mass is 569 g/mol. The van der Waals surface area contributed by atoms with Crippen molar-refractivity contribution in [2.45, 2.75) is 73.2 Å². The maximum atomic E-state index is 13.4. The van der Waals surface area contributed by atoms with E-state index in [1.165, 1.54) is 12.1 Å². The van der Waals surface area contributed by atoms with Gasteiger partial charge in [-0.2, -0.15) is 0 Å². The Morgan fingerprint density at radius 2 is 1.20 bits per heavy atom. The zero-order chi connectivity index (χ0) is 29.2. The molecule has 1 aromatic carbocycles. The molecule has 0 unspecified atom stereocenters. The van der Waals surface area contributed by atoms with Gasteiger partial charge < -0.3 is 37.6 Å². The summed E-state index contributed by atoms with van der Waals surface area (Å²) in [5.41, 5.74) is 0.113. The van der Waals surface area contributed by atoms with E-state index in [9.17, 15) is 9.59 Å². The largest absolute Gasteiger partial charge is 0.484 e. The Morgan fingerprint density at radius 3 is 1.63 bits per heavy atom. The summed E-state index contributed by atoms with van der Waals surface area (Å²) in [6, 6.07) is 3.08. The summed E-state index contributed by atoms with van der Waals surface area (Å²) in [5.74, 6) is 2.13. The molecule has 0 saturated carbocycles. The molecule has 0 aliphatic rings. The van der Waals surface area contributed by atoms with Crippen molar-refractivity contribution >= 4 is 11.7 Å². The highest BCUT2D eigenvalue weighted by Crippen LogP contribution is 2.36. The number of hydrogen-bond donors (Lipinski definition) is 1. The molecule has 0 radical (unpaired) electrons. The van der Waals surface area contributed by atoms with Crippen molar-refractivity contribution in [1.29, 1.82) is 0 Å². The van der Waals surface area contributed by atoms with Crippen LogP contribution in [0, 0.1) is 20.8 Å². The van der Waals surface area contributed by atoms with Gasteiger partial charge in [-0.15, -0.1) is 30.6 Å². The van der Waals surface area contributed by atoms with Crippen molar-refractivity contribution in [3.8, 4) is 17.2 Å². The third-order valence-electron chi connectivity index (χ3n) is 5.53. The van der Waals surface area contributed by atoms with Gasteiger partial charge in [0.15, 0.2) is 19.8 Å². The summed E-state index contributed by atoms with van der Waals surface area (Å²) in [5, 5.41) is 26.1. The Kier molecular flexibility index (Phi) is 9.96. The lowest BCUT2D eigenvalue weighted by molar-refractivity contribution is -0.117. The van der Waals surface area contributed by atoms with E-state index in [0.717, 1.165) is 12.8 Å². The van der Waals surface area contributed by atoms with Crippen molar-refractivity contribution in [2.75, 3.05) is 6.54 Å². The Balaban J connectivity index is 1.58. The second-order valence-corrected chi connectivity index (χ2v) is 9.07. The maximum Gasteiger partial charge on any atom is 0.258 e. The third-order valence-corrected chi connectivity index (χ3v) is 5.53. The predicted molar refractivity (Wildman–Crippen MR) is 138 cm³/mol. The SMILES string of the molecule is CC(=O)CCCCCNC(=O)c1c(OCc2nnc(C)o2)cc(OCc2nnc(C)o2)cc1OCc1nnc(C)o1. The molecule has 4 rings (SSSR count). The minimum absolute atomic E-state index is 0.0305. The molecule has 0 aliphatic carbocycles. The third kappa shape index (κ3) is 8.84. The Hall–Kier alpha value is -4.82. The van der Waals surface area contributed by atoms with E-state index in [1.807, 2.05) is 0 Å². The van der Waals surface area contributed by atoms with Crippen molar-refractivity contribution in [3.05, 3.63) is 53.0 Å². The molecule has 15 nitrogen and oxygen atoms in total. The van der Waals surface area contributed by atoms with E-state index in [4.69, 9.17) is 27.5 Å². The number of aromatic nitrogens is 6. The van der Waals surface area contributed by atoms with Gasteiger partial charge in [-0.05, 0) is 19.8 Å². The number of carbonyl (C=O) groups excluding carboxylic acids is 2. The number of nitrogens with zero attached hydrogens (tertiary/aromatic N) is 6. The van der Waals surface area contributed by atoms with Crippen molar-refractivity contribution in [1.82, 2.24) is 35.9 Å². The second kappa shape index (κ2) is 14.0. The predicted octanol–water partition coefficient (Wildman–Crippen LogP) is 3.38. The highest BCUT2D eigenvalue weighted by Gasteiger charge is 2.23. The fraction of sp³-hybridized carbons (Fsp3) is 0.462. The van der Waals surface area contributed by atoms with Crippen LogP contribution in [0.1, 0.15) is 78.3 Å². The smallest absolute Gasteiger partial charge is 0.258 e. The van der Waals surface area contributed by atoms with Gasteiger partial charge in [0, 0.05) is 45.9 Å². The molecular weight excluding hydrogens is 538 g/mol. The molecule has 41 heavy (non-hydrogen) atoms. The highest BCUT2D eigenvalue weighted by atomic mass is 16.5. The summed E-state index contributed by atoms with van der Waals surface area (Å²) in [4.78, 5) is 24.6. The van der Waals surface area contributed by atoms with Crippen LogP contribution in [0.4, 0.5) is 0 Å². The van der Waals surface area contributed by atoms with Gasteiger partial charge in [-0.25, -0.2) is 0 Å². The topological polar surface area (TPSA) is 191 Å². The molecule has 15 heteroatoms. The van der Waals surface area contributed by atoms with Gasteiger partial charge >= 0.3 is 0 Å². The van der Waals surface area contributed by atoms with Gasteiger partial charge in [0.2, 0.25) is 17.7 Å². The standard InChI is InChI=1S/C26H31N7O8/c1-15(34)8-6-5-7-9-27-26(35)25-20(37-13-23-32-29-17(3)40-23)10-19(36-12-22-31-28-16(2)39-22)11-21(25)38-14-24-33-30-18(4)41-24/h10-11H,5-9,12-14H2,1-4H3,(H,27,35). The number of ether oxygens (including phenoxy) is 3. The summed E-state index contributed by atoms with van der Waals surface area (Å²) in [7, 11) is 0. The lowest BCUT2D eigenvalue weighted by Crippen LogP contribution is -2.26. The molecule has 0 atom stereocenters. The van der Waals surface area contributed by atoms with Crippen molar-refractivity contribution in [2.24, 2.45) is 0 Å². The number of hydrogen-bond acceptors (Lipinski definition) is 14. The first-order valence-electron chi connectivity index (χ1n) is 13.0. The number of ketones is 1. The number of Topliss-reactive ketones (excluding diaryl/α,β-unsaturated/α-hetero) is 1. The van der Waals surface area contributed by atoms with E-state index in [2.05, 4.69) is 35.9 Å². The summed E-state index contributed by atoms with van der Waals surface area (Å²) in [6.45, 7) is 6.68. The molecule has 1 amide bonds. The lowest BCUT2D eigenvalue weighted by atomic mass is 10.1. The van der Waals surface area contributed by atoms with E-state index >= 15 is 0 Å². The molecule has 4 aromatic rings. The minimum Gasteiger partial charge on any atom is -0.484 e. The normalized spacial score (nSPS) is 10.9. The number of rotatable bonds is 16. The quantitative estimate of drug-likeness (QED) is 0.193. The average molecular weight is 570 g/mol. The van der Waals surface area contributed by atoms with Crippen LogP contribution in [0.15, 0.2) is 25.4 Å². The molecular formula is C26H31N7O8. The number of carbonyl (C=O) groups is 2. The first kappa shape index (κ1) is 29.2. The molecule has 0 fully saturated rings. The zero-order valence-corrected chi connectivity index (χ0v) is 23.3. The Morgan fingerprint density at radius 1 is 0.707 bits per heavy atom. The second-order valence-electron chi connectivity index (χ2n) is 9.07. The number of benzene rings is 1. The van der Waals surface area contributed by atoms with Crippen molar-refractivity contribution < 1.29 is 37.1 Å². The highest BCUT2D eigenvalue weighted by molar-refractivity contribution is 6.00. The van der Waals surface area contributed by atoms with Gasteiger partial charge in [-0.1, -0.05) is 6.42 Å². The summed E-state index contributed by atoms with van der Waals surface area (Å²) in [6.07, 6.45) is 2.76. The van der Waals surface area contributed by atoms with Crippen LogP contribution in [0.5, 0.6) is 17.2 Å². The minimum atomic E-state index is -0.441. The van der Waals surface area contributed by atoms with Gasteiger partial charge in [0.25, 0.3) is 23.6 Å². The molecule has 218 valence electrons. The van der Waals surface area contributed by atoms with Crippen molar-refractivity contribution in [3.63, 3.8) is 0 Å². The Labute approximate surface area is 235 Å². The number of nitrogens with one attached hydrogen (secondary N) is 1. The number of unbranched alkanes of at least 4 members (excludes halogenated alkanes) is 2. The number of amides is 1. The van der Waals surface area contributed by atoms with Crippen LogP contribution < -0.4 is 19.5 Å². The average Bonchev–Trinajstić information content (AvgIpc) is 3.67. The van der Waals surface area contributed by atoms with Crippen LogP contribution in [-0.2, 0) is 24.6 Å².